The first-order chi connectivity index (χ1) is 23.9. The number of hydrogen-bond donors (Lipinski definition) is 1. The largest absolute Gasteiger partial charge is 0.490 e. The van der Waals surface area contributed by atoms with Gasteiger partial charge in [0.15, 0.2) is 12.2 Å². The van der Waals surface area contributed by atoms with Gasteiger partial charge in [-0.2, -0.15) is 0 Å². The molecule has 0 spiro atoms. The number of ether oxygens (including phenoxy) is 6. The first kappa shape index (κ1) is 39.6. The van der Waals surface area contributed by atoms with Crippen LogP contribution in [0.25, 0.3) is 0 Å². The summed E-state index contributed by atoms with van der Waals surface area (Å²) in [6.45, 7) is 14.4. The van der Waals surface area contributed by atoms with Crippen molar-refractivity contribution in [3.63, 3.8) is 0 Å². The van der Waals surface area contributed by atoms with Gasteiger partial charge in [-0.3, -0.25) is 4.79 Å². The van der Waals surface area contributed by atoms with Crippen molar-refractivity contribution in [1.82, 2.24) is 5.32 Å². The number of aryl methyl sites for hydroxylation is 2. The van der Waals surface area contributed by atoms with E-state index in [0.29, 0.717) is 30.4 Å². The third-order valence-electron chi connectivity index (χ3n) is 8.24. The molecule has 0 bridgehead atoms. The third-order valence-corrected chi connectivity index (χ3v) is 8.24. The molecule has 2 unspecified atom stereocenters. The van der Waals surface area contributed by atoms with Crippen molar-refractivity contribution in [2.45, 2.75) is 78.4 Å². The van der Waals surface area contributed by atoms with E-state index in [1.807, 2.05) is 62.4 Å². The highest BCUT2D eigenvalue weighted by Crippen LogP contribution is 2.31. The van der Waals surface area contributed by atoms with Crippen LogP contribution in [0, 0.1) is 25.7 Å². The highest BCUT2D eigenvalue weighted by Gasteiger charge is 2.25. The van der Waals surface area contributed by atoms with E-state index in [-0.39, 0.29) is 55.9 Å². The molecule has 2 aromatic rings. The monoisotopic (exact) mass is 693 g/mol. The molecule has 1 N–H and O–H groups in total. The normalized spacial score (nSPS) is 16.6. The smallest absolute Gasteiger partial charge is 0.407 e. The minimum absolute atomic E-state index is 0.00759. The Morgan fingerprint density at radius 1 is 0.680 bits per heavy atom. The lowest BCUT2D eigenvalue weighted by Gasteiger charge is -2.28. The van der Waals surface area contributed by atoms with E-state index < -0.39 is 30.2 Å². The van der Waals surface area contributed by atoms with Gasteiger partial charge in [0.1, 0.15) is 37.9 Å². The van der Waals surface area contributed by atoms with Gasteiger partial charge in [0, 0.05) is 24.1 Å². The second kappa shape index (κ2) is 20.7. The number of esters is 3. The maximum absolute atomic E-state index is 12.8. The topological polar surface area (TPSA) is 136 Å². The van der Waals surface area contributed by atoms with Crippen molar-refractivity contribution in [2.75, 3.05) is 33.0 Å². The Morgan fingerprint density at radius 2 is 1.12 bits per heavy atom. The standard InChI is InChI=1S/C39H51NO10/c1-26(2)37(42)47-24-34(22-45-32-16-7-28(5)8-17-32)49-36(41)20-15-30-11-13-31(14-12-30)21-40-39(44)50-35(25-48-38(43)27(3)4)23-46-33-18-9-29(6)10-19-33/h7-10,16-19,30-31,34-35H,1,3,11-15,20-25H2,2,4-6H3,(H,40,44). The SMILES string of the molecule is C=C(C)C(=O)OCC(COc1ccc(C)cc1)OC(=O)CCC1CCC(CNC(=O)OC(COC(=O)C(=C)C)COc2ccc(C)cc2)CC1. The Labute approximate surface area is 295 Å². The summed E-state index contributed by atoms with van der Waals surface area (Å²) in [5.41, 5.74) is 2.68. The van der Waals surface area contributed by atoms with Crippen molar-refractivity contribution in [1.29, 1.82) is 0 Å². The highest BCUT2D eigenvalue weighted by molar-refractivity contribution is 5.87. The van der Waals surface area contributed by atoms with E-state index in [9.17, 15) is 19.2 Å². The fourth-order valence-corrected chi connectivity index (χ4v) is 5.18. The number of benzene rings is 2. The molecule has 1 fully saturated rings. The van der Waals surface area contributed by atoms with E-state index >= 15 is 0 Å². The zero-order valence-electron chi connectivity index (χ0n) is 29.7. The molecule has 0 saturated heterocycles. The summed E-state index contributed by atoms with van der Waals surface area (Å²) in [6.07, 6.45) is 2.31. The molecule has 1 amide bonds. The average Bonchev–Trinajstić information content (AvgIpc) is 3.10. The van der Waals surface area contributed by atoms with Crippen molar-refractivity contribution >= 4 is 24.0 Å². The summed E-state index contributed by atoms with van der Waals surface area (Å²) in [5, 5.41) is 2.84. The Morgan fingerprint density at radius 3 is 1.58 bits per heavy atom. The zero-order chi connectivity index (χ0) is 36.5. The molecule has 50 heavy (non-hydrogen) atoms. The predicted molar refractivity (Wildman–Crippen MR) is 188 cm³/mol. The van der Waals surface area contributed by atoms with Gasteiger partial charge in [-0.1, -0.05) is 61.4 Å². The lowest BCUT2D eigenvalue weighted by molar-refractivity contribution is -0.159. The van der Waals surface area contributed by atoms with Crippen LogP contribution in [-0.4, -0.2) is 69.2 Å². The number of amides is 1. The van der Waals surface area contributed by atoms with Crippen LogP contribution in [0.5, 0.6) is 11.5 Å². The average molecular weight is 694 g/mol. The Balaban J connectivity index is 1.39. The van der Waals surface area contributed by atoms with E-state index in [1.54, 1.807) is 13.8 Å². The minimum Gasteiger partial charge on any atom is -0.490 e. The number of carbonyl (C=O) groups excluding carboxylic acids is 4. The molecule has 1 aliphatic rings. The summed E-state index contributed by atoms with van der Waals surface area (Å²) in [7, 11) is 0. The lowest BCUT2D eigenvalue weighted by Crippen LogP contribution is -2.38. The molecule has 11 nitrogen and oxygen atoms in total. The van der Waals surface area contributed by atoms with E-state index in [4.69, 9.17) is 28.4 Å². The van der Waals surface area contributed by atoms with Crippen LogP contribution in [-0.2, 0) is 33.3 Å². The van der Waals surface area contributed by atoms with Crippen molar-refractivity contribution in [3.05, 3.63) is 84.0 Å². The molecule has 2 aromatic carbocycles. The molecule has 0 aromatic heterocycles. The molecular weight excluding hydrogens is 642 g/mol. The quantitative estimate of drug-likeness (QED) is 0.0975. The van der Waals surface area contributed by atoms with E-state index in [2.05, 4.69) is 18.5 Å². The van der Waals surface area contributed by atoms with E-state index in [0.717, 1.165) is 36.8 Å². The Kier molecular flexibility index (Phi) is 16.4. The number of nitrogens with one attached hydrogen (secondary N) is 1. The van der Waals surface area contributed by atoms with Crippen molar-refractivity contribution in [2.24, 2.45) is 11.8 Å². The summed E-state index contributed by atoms with van der Waals surface area (Å²) < 4.78 is 33.2. The van der Waals surface area contributed by atoms with Crippen LogP contribution in [0.4, 0.5) is 4.79 Å². The van der Waals surface area contributed by atoms with Gasteiger partial charge in [-0.05, 0) is 83.1 Å². The van der Waals surface area contributed by atoms with Gasteiger partial charge < -0.3 is 33.7 Å². The highest BCUT2D eigenvalue weighted by atomic mass is 16.6. The predicted octanol–water partition coefficient (Wildman–Crippen LogP) is 6.59. The van der Waals surface area contributed by atoms with Gasteiger partial charge in [0.2, 0.25) is 0 Å². The van der Waals surface area contributed by atoms with Gasteiger partial charge in [0.25, 0.3) is 0 Å². The summed E-state index contributed by atoms with van der Waals surface area (Å²) in [6, 6.07) is 14.9. The second-order valence-corrected chi connectivity index (χ2v) is 13.0. The van der Waals surface area contributed by atoms with Gasteiger partial charge >= 0.3 is 24.0 Å². The van der Waals surface area contributed by atoms with Gasteiger partial charge in [0.05, 0.1) is 0 Å². The van der Waals surface area contributed by atoms with E-state index in [1.165, 1.54) is 0 Å². The molecule has 1 saturated carbocycles. The van der Waals surface area contributed by atoms with Crippen LogP contribution in [0.1, 0.15) is 63.5 Å². The molecule has 11 heteroatoms. The molecular formula is C39H51NO10. The third kappa shape index (κ3) is 15.2. The summed E-state index contributed by atoms with van der Waals surface area (Å²) >= 11 is 0. The van der Waals surface area contributed by atoms with Gasteiger partial charge in [-0.15, -0.1) is 0 Å². The molecule has 0 radical (unpaired) electrons. The first-order valence-electron chi connectivity index (χ1n) is 17.1. The van der Waals surface area contributed by atoms with Crippen molar-refractivity contribution < 1.29 is 47.6 Å². The molecule has 3 rings (SSSR count). The maximum atomic E-state index is 12.8. The van der Waals surface area contributed by atoms with Crippen LogP contribution in [0.15, 0.2) is 72.8 Å². The number of alkyl carbamates (subject to hydrolysis) is 1. The number of rotatable bonds is 19. The number of hydrogen-bond acceptors (Lipinski definition) is 10. The molecule has 2 atom stereocenters. The van der Waals surface area contributed by atoms with Crippen LogP contribution >= 0.6 is 0 Å². The fraction of sp³-hybridized carbons (Fsp3) is 0.487. The minimum atomic E-state index is -0.818. The fourth-order valence-electron chi connectivity index (χ4n) is 5.18. The van der Waals surface area contributed by atoms with Crippen molar-refractivity contribution in [3.8, 4) is 11.5 Å². The molecule has 0 heterocycles. The molecule has 1 aliphatic carbocycles. The molecule has 272 valence electrons. The van der Waals surface area contributed by atoms with Gasteiger partial charge in [-0.25, -0.2) is 14.4 Å². The Hall–Kier alpha value is -4.80. The summed E-state index contributed by atoms with van der Waals surface area (Å²) in [5.74, 6) is 0.332. The van der Waals surface area contributed by atoms with Crippen LogP contribution < -0.4 is 14.8 Å². The lowest BCUT2D eigenvalue weighted by atomic mass is 9.80. The Bertz CT molecular complexity index is 1320. The maximum Gasteiger partial charge on any atom is 0.407 e. The first-order valence-corrected chi connectivity index (χ1v) is 17.1. The second-order valence-electron chi connectivity index (χ2n) is 13.0. The summed E-state index contributed by atoms with van der Waals surface area (Å²) in [4.78, 5) is 49.3. The number of carbonyl (C=O) groups is 4. The van der Waals surface area contributed by atoms with Crippen LogP contribution in [0.2, 0.25) is 0 Å². The zero-order valence-corrected chi connectivity index (χ0v) is 29.7. The van der Waals surface area contributed by atoms with Crippen LogP contribution in [0.3, 0.4) is 0 Å². The molecule has 0 aliphatic heterocycles.